The Labute approximate surface area is 190 Å². The number of hydrogen-bond donors (Lipinski definition) is 2. The van der Waals surface area contributed by atoms with E-state index in [4.69, 9.17) is 0 Å². The molecule has 0 saturated heterocycles. The Morgan fingerprint density at radius 3 is 2.26 bits per heavy atom. The van der Waals surface area contributed by atoms with Crippen LogP contribution in [0.4, 0.5) is 0 Å². The monoisotopic (exact) mass is 434 g/mol. The van der Waals surface area contributed by atoms with Gasteiger partial charge in [-0.05, 0) is 61.5 Å². The van der Waals surface area contributed by atoms with Crippen molar-refractivity contribution in [1.82, 2.24) is 0 Å². The topological polar surface area (TPSA) is 74.6 Å². The molecule has 31 heavy (non-hydrogen) atoms. The fourth-order valence-electron chi connectivity index (χ4n) is 6.96. The van der Waals surface area contributed by atoms with E-state index < -0.39 is 12.7 Å². The van der Waals surface area contributed by atoms with Gasteiger partial charge in [0.25, 0.3) is 0 Å². The minimum Gasteiger partial charge on any atom is -0.393 e. The molecule has 0 spiro atoms. The van der Waals surface area contributed by atoms with Crippen LogP contribution in [0.5, 0.6) is 0 Å². The molecule has 4 rings (SSSR count). The summed E-state index contributed by atoms with van der Waals surface area (Å²) in [7, 11) is 0. The summed E-state index contributed by atoms with van der Waals surface area (Å²) in [6.07, 6.45) is 9.25. The maximum atomic E-state index is 12.3. The van der Waals surface area contributed by atoms with E-state index in [0.29, 0.717) is 18.3 Å². The smallest absolute Gasteiger partial charge is 0.178 e. The molecule has 4 heteroatoms. The molecule has 2 N–H and O–H groups in total. The van der Waals surface area contributed by atoms with Crippen LogP contribution in [-0.2, 0) is 9.59 Å². The van der Waals surface area contributed by atoms with Crippen LogP contribution in [0.1, 0.15) is 87.5 Å². The van der Waals surface area contributed by atoms with Gasteiger partial charge in [0.2, 0.25) is 0 Å². The van der Waals surface area contributed by atoms with E-state index in [1.165, 1.54) is 0 Å². The molecule has 0 aromatic heterocycles. The molecule has 0 radical (unpaired) electrons. The first-order valence-corrected chi connectivity index (χ1v) is 12.6. The highest BCUT2D eigenvalue weighted by Gasteiger charge is 2.62. The Balaban J connectivity index is 0.000000739. The van der Waals surface area contributed by atoms with Gasteiger partial charge in [0, 0.05) is 17.3 Å². The molecule has 0 heterocycles. The second kappa shape index (κ2) is 11.6. The van der Waals surface area contributed by atoms with Crippen molar-refractivity contribution in [2.24, 2.45) is 34.5 Å². The lowest BCUT2D eigenvalue weighted by Gasteiger charge is -2.58. The molecule has 4 aliphatic rings. The van der Waals surface area contributed by atoms with Crippen molar-refractivity contribution in [3.63, 3.8) is 0 Å². The molecule has 0 amide bonds. The van der Waals surface area contributed by atoms with Gasteiger partial charge in [0.15, 0.2) is 11.6 Å². The maximum absolute atomic E-state index is 12.3. The molecule has 0 aromatic rings. The van der Waals surface area contributed by atoms with Crippen LogP contribution in [0, 0.1) is 34.5 Å². The Morgan fingerprint density at radius 2 is 1.68 bits per heavy atom. The van der Waals surface area contributed by atoms with E-state index in [1.54, 1.807) is 12.2 Å². The zero-order chi connectivity index (χ0) is 24.0. The Bertz CT molecular complexity index is 679. The van der Waals surface area contributed by atoms with Crippen LogP contribution < -0.4 is 0 Å². The predicted octanol–water partition coefficient (Wildman–Crippen LogP) is 5.52. The van der Waals surface area contributed by atoms with Crippen LogP contribution in [0.2, 0.25) is 0 Å². The van der Waals surface area contributed by atoms with Crippen molar-refractivity contribution in [3.8, 4) is 0 Å². The fourth-order valence-corrected chi connectivity index (χ4v) is 6.96. The van der Waals surface area contributed by atoms with Crippen LogP contribution in [0.25, 0.3) is 0 Å². The van der Waals surface area contributed by atoms with E-state index in [-0.39, 0.29) is 34.2 Å². The normalized spacial score (nSPS) is 39.6. The number of rotatable bonds is 2. The first-order valence-electron chi connectivity index (χ1n) is 12.6. The second-order valence-corrected chi connectivity index (χ2v) is 9.05. The molecular weight excluding hydrogens is 388 g/mol. The quantitative estimate of drug-likeness (QED) is 0.600. The first kappa shape index (κ1) is 27.8. The highest BCUT2D eigenvalue weighted by Crippen LogP contribution is 2.66. The summed E-state index contributed by atoms with van der Waals surface area (Å²) in [5.74, 6) is 0.734. The molecular formula is C27H46O4. The highest BCUT2D eigenvalue weighted by atomic mass is 16.3. The lowest BCUT2D eigenvalue weighted by molar-refractivity contribution is -0.141. The molecule has 0 aromatic carbocycles. The number of fused-ring (bicyclic) bond motifs is 5. The number of ketones is 2. The number of allylic oxidation sites excluding steroid dienone is 4. The second-order valence-electron chi connectivity index (χ2n) is 9.05. The zero-order valence-electron chi connectivity index (χ0n) is 21.1. The van der Waals surface area contributed by atoms with E-state index >= 15 is 0 Å². The van der Waals surface area contributed by atoms with Gasteiger partial charge >= 0.3 is 0 Å². The van der Waals surface area contributed by atoms with Gasteiger partial charge in [-0.3, -0.25) is 9.59 Å². The number of aliphatic hydroxyl groups is 2. The van der Waals surface area contributed by atoms with Gasteiger partial charge < -0.3 is 10.2 Å². The van der Waals surface area contributed by atoms with E-state index in [9.17, 15) is 19.8 Å². The largest absolute Gasteiger partial charge is 0.393 e. The predicted molar refractivity (Wildman–Crippen MR) is 128 cm³/mol. The van der Waals surface area contributed by atoms with Gasteiger partial charge in [-0.1, -0.05) is 67.0 Å². The average molecular weight is 435 g/mol. The third kappa shape index (κ3) is 4.75. The first-order chi connectivity index (χ1) is 14.8. The molecule has 0 bridgehead atoms. The summed E-state index contributed by atoms with van der Waals surface area (Å²) in [5.41, 5.74) is 0.688. The Kier molecular flexibility index (Phi) is 10.4. The van der Waals surface area contributed by atoms with Gasteiger partial charge in [0.1, 0.15) is 6.61 Å². The summed E-state index contributed by atoms with van der Waals surface area (Å²) < 4.78 is 0. The minimum atomic E-state index is -0.482. The third-order valence-electron chi connectivity index (χ3n) is 8.04. The minimum absolute atomic E-state index is 0.0514. The van der Waals surface area contributed by atoms with Gasteiger partial charge in [-0.25, -0.2) is 0 Å². The fraction of sp³-hybridized carbons (Fsp3) is 0.778. The number of aliphatic hydroxyl groups excluding tert-OH is 2. The van der Waals surface area contributed by atoms with E-state index in [2.05, 4.69) is 13.8 Å². The molecule has 3 fully saturated rings. The van der Waals surface area contributed by atoms with Crippen LogP contribution in [0.15, 0.2) is 23.8 Å². The summed E-state index contributed by atoms with van der Waals surface area (Å²) in [4.78, 5) is 24.1. The van der Waals surface area contributed by atoms with Crippen molar-refractivity contribution < 1.29 is 19.8 Å². The molecule has 0 aliphatic heterocycles. The summed E-state index contributed by atoms with van der Waals surface area (Å²) in [5, 5.41) is 20.5. The lowest BCUT2D eigenvalue weighted by atomic mass is 9.46. The number of hydrogen-bond acceptors (Lipinski definition) is 4. The van der Waals surface area contributed by atoms with Crippen LogP contribution in [0.3, 0.4) is 0 Å². The van der Waals surface area contributed by atoms with Crippen LogP contribution in [-0.4, -0.2) is 34.5 Å². The number of Topliss-reactive ketones (excluding diaryl/α,β-unsaturated/α-hetero) is 1. The van der Waals surface area contributed by atoms with Crippen molar-refractivity contribution in [3.05, 3.63) is 23.8 Å². The highest BCUT2D eigenvalue weighted by molar-refractivity contribution is 6.01. The summed E-state index contributed by atoms with van der Waals surface area (Å²) >= 11 is 0. The summed E-state index contributed by atoms with van der Waals surface area (Å²) in [6, 6.07) is 0. The molecule has 3 saturated carbocycles. The molecule has 4 aliphatic carbocycles. The van der Waals surface area contributed by atoms with E-state index in [0.717, 1.165) is 31.3 Å². The third-order valence-corrected chi connectivity index (χ3v) is 8.04. The molecule has 4 nitrogen and oxygen atoms in total. The zero-order valence-corrected chi connectivity index (χ0v) is 21.1. The SMILES string of the molecule is CC.CC.CC.CC12C=CC(=O)C=C1CCC1C2C(O)CC2(C)C(C(=O)CO)CCC12. The average Bonchev–Trinajstić information content (AvgIpc) is 3.14. The van der Waals surface area contributed by atoms with Crippen molar-refractivity contribution in [1.29, 1.82) is 0 Å². The number of carbonyl (C=O) groups is 2. The summed E-state index contributed by atoms with van der Waals surface area (Å²) in [6.45, 7) is 15.9. The van der Waals surface area contributed by atoms with Crippen LogP contribution >= 0.6 is 0 Å². The maximum Gasteiger partial charge on any atom is 0.178 e. The van der Waals surface area contributed by atoms with Gasteiger partial charge in [-0.2, -0.15) is 0 Å². The van der Waals surface area contributed by atoms with Gasteiger partial charge in [0.05, 0.1) is 6.10 Å². The van der Waals surface area contributed by atoms with Crippen molar-refractivity contribution >= 4 is 11.6 Å². The number of carbonyl (C=O) groups excluding carboxylic acids is 2. The molecule has 178 valence electrons. The van der Waals surface area contributed by atoms with Gasteiger partial charge in [-0.15, -0.1) is 0 Å². The van der Waals surface area contributed by atoms with Crippen molar-refractivity contribution in [2.45, 2.75) is 93.6 Å². The Hall–Kier alpha value is -1.26. The lowest BCUT2D eigenvalue weighted by Crippen LogP contribution is -2.56. The van der Waals surface area contributed by atoms with E-state index in [1.807, 2.05) is 47.6 Å². The molecule has 7 atom stereocenters. The Morgan fingerprint density at radius 1 is 1.06 bits per heavy atom. The standard InChI is InChI=1S/C21H28O4.3C2H6/c1-20-8-7-13(23)9-12(20)3-4-14-15-5-6-16(18(25)11-22)21(15,2)10-17(24)19(14)20;3*1-2/h7-9,14-17,19,22,24H,3-6,10-11H2,1-2H3;3*1-2H3. The molecule has 7 unspecified atom stereocenters. The van der Waals surface area contributed by atoms with Crippen molar-refractivity contribution in [2.75, 3.05) is 6.61 Å².